The normalized spacial score (nSPS) is 20.2. The zero-order valence-electron chi connectivity index (χ0n) is 6.63. The molecule has 2 N–H and O–H groups in total. The fourth-order valence-corrected chi connectivity index (χ4v) is 2.31. The first kappa shape index (κ1) is 7.25. The monoisotopic (exact) mass is 168 g/mol. The predicted molar refractivity (Wildman–Crippen MR) is 46.8 cm³/mol. The number of nitrogens with two attached hydrogens (primary N) is 1. The fraction of sp³-hybridized carbons (Fsp3) is 0.625. The van der Waals surface area contributed by atoms with Gasteiger partial charge in [-0.25, -0.2) is 0 Å². The van der Waals surface area contributed by atoms with Gasteiger partial charge in [-0.2, -0.15) is 4.37 Å². The number of hydrogen-bond acceptors (Lipinski definition) is 3. The van der Waals surface area contributed by atoms with E-state index in [1.54, 1.807) is 11.5 Å². The van der Waals surface area contributed by atoms with Gasteiger partial charge in [0, 0.05) is 16.8 Å². The molecule has 0 bridgehead atoms. The van der Waals surface area contributed by atoms with E-state index >= 15 is 0 Å². The van der Waals surface area contributed by atoms with Gasteiger partial charge in [0.1, 0.15) is 0 Å². The first-order valence-corrected chi connectivity index (χ1v) is 4.68. The zero-order chi connectivity index (χ0) is 7.90. The Labute approximate surface area is 70.6 Å². The zero-order valence-corrected chi connectivity index (χ0v) is 7.45. The van der Waals surface area contributed by atoms with E-state index in [0.717, 1.165) is 12.2 Å². The van der Waals surface area contributed by atoms with Crippen LogP contribution >= 0.6 is 11.5 Å². The van der Waals surface area contributed by atoms with Crippen molar-refractivity contribution in [3.8, 4) is 0 Å². The Kier molecular flexibility index (Phi) is 1.51. The summed E-state index contributed by atoms with van der Waals surface area (Å²) >= 11 is 1.61. The third kappa shape index (κ3) is 1.08. The van der Waals surface area contributed by atoms with E-state index in [0.29, 0.717) is 5.41 Å². The van der Waals surface area contributed by atoms with Gasteiger partial charge in [-0.1, -0.05) is 0 Å². The lowest BCUT2D eigenvalue weighted by Gasteiger charge is -2.06. The molecule has 1 saturated carbocycles. The molecule has 0 aromatic carbocycles. The van der Waals surface area contributed by atoms with Crippen molar-refractivity contribution in [1.29, 1.82) is 0 Å². The molecule has 2 rings (SSSR count). The molecule has 0 amide bonds. The minimum Gasteiger partial charge on any atom is -0.330 e. The van der Waals surface area contributed by atoms with E-state index < -0.39 is 0 Å². The summed E-state index contributed by atoms with van der Waals surface area (Å²) in [6, 6.07) is 2.17. The van der Waals surface area contributed by atoms with Gasteiger partial charge in [-0.05, 0) is 37.4 Å². The number of rotatable bonds is 2. The highest BCUT2D eigenvalue weighted by atomic mass is 32.1. The highest BCUT2D eigenvalue weighted by Gasteiger charge is 2.44. The van der Waals surface area contributed by atoms with Gasteiger partial charge < -0.3 is 5.73 Å². The van der Waals surface area contributed by atoms with E-state index in [9.17, 15) is 0 Å². The maximum absolute atomic E-state index is 5.69. The van der Waals surface area contributed by atoms with Crippen LogP contribution in [0.3, 0.4) is 0 Å². The van der Waals surface area contributed by atoms with Gasteiger partial charge in [-0.15, -0.1) is 0 Å². The number of hydrogen-bond donors (Lipinski definition) is 1. The highest BCUT2D eigenvalue weighted by Crippen LogP contribution is 2.48. The third-order valence-electron chi connectivity index (χ3n) is 2.39. The summed E-state index contributed by atoms with van der Waals surface area (Å²) in [5.74, 6) is 0. The van der Waals surface area contributed by atoms with Crippen LogP contribution in [0.2, 0.25) is 0 Å². The topological polar surface area (TPSA) is 38.9 Å². The Hall–Kier alpha value is -0.410. The summed E-state index contributed by atoms with van der Waals surface area (Å²) in [6.07, 6.45) is 2.51. The van der Waals surface area contributed by atoms with E-state index in [-0.39, 0.29) is 0 Å². The molecule has 0 unspecified atom stereocenters. The van der Waals surface area contributed by atoms with Crippen LogP contribution in [0.1, 0.15) is 23.4 Å². The lowest BCUT2D eigenvalue weighted by molar-refractivity contribution is 0.720. The van der Waals surface area contributed by atoms with Gasteiger partial charge >= 0.3 is 0 Å². The van der Waals surface area contributed by atoms with E-state index in [1.807, 2.05) is 6.92 Å². The Morgan fingerprint density at radius 3 is 2.82 bits per heavy atom. The number of aromatic nitrogens is 1. The van der Waals surface area contributed by atoms with Gasteiger partial charge in [0.2, 0.25) is 0 Å². The SMILES string of the molecule is Cc1cc(C2(CN)CC2)sn1. The van der Waals surface area contributed by atoms with Crippen molar-refractivity contribution in [3.05, 3.63) is 16.6 Å². The standard InChI is InChI=1S/C8H12N2S/c1-6-4-7(11-10-6)8(5-9)2-3-8/h4H,2-3,5,9H2,1H3. The Balaban J connectivity index is 2.29. The van der Waals surface area contributed by atoms with Crippen LogP contribution in [-0.4, -0.2) is 10.9 Å². The van der Waals surface area contributed by atoms with Crippen LogP contribution in [-0.2, 0) is 5.41 Å². The van der Waals surface area contributed by atoms with E-state index in [4.69, 9.17) is 5.73 Å². The molecule has 11 heavy (non-hydrogen) atoms. The predicted octanol–water partition coefficient (Wildman–Crippen LogP) is 1.44. The van der Waals surface area contributed by atoms with Gasteiger partial charge in [-0.3, -0.25) is 0 Å². The van der Waals surface area contributed by atoms with Crippen LogP contribution in [0.5, 0.6) is 0 Å². The first-order valence-electron chi connectivity index (χ1n) is 3.91. The van der Waals surface area contributed by atoms with Gasteiger partial charge in [0.05, 0.1) is 5.69 Å². The fourth-order valence-electron chi connectivity index (χ4n) is 1.32. The average Bonchev–Trinajstić information content (AvgIpc) is 2.70. The largest absolute Gasteiger partial charge is 0.330 e. The summed E-state index contributed by atoms with van der Waals surface area (Å²) in [5.41, 5.74) is 7.16. The van der Waals surface area contributed by atoms with Crippen molar-refractivity contribution in [1.82, 2.24) is 4.37 Å². The molecule has 60 valence electrons. The molecule has 0 aliphatic heterocycles. The maximum atomic E-state index is 5.69. The van der Waals surface area contributed by atoms with Crippen molar-refractivity contribution in [2.45, 2.75) is 25.2 Å². The van der Waals surface area contributed by atoms with Crippen LogP contribution < -0.4 is 5.73 Å². The number of aryl methyl sites for hydroxylation is 1. The minimum atomic E-state index is 0.339. The second-order valence-electron chi connectivity index (χ2n) is 3.32. The molecule has 1 fully saturated rings. The smallest absolute Gasteiger partial charge is 0.0514 e. The maximum Gasteiger partial charge on any atom is 0.0514 e. The van der Waals surface area contributed by atoms with Crippen LogP contribution in [0, 0.1) is 6.92 Å². The number of nitrogens with zero attached hydrogens (tertiary/aromatic N) is 1. The molecule has 0 spiro atoms. The first-order chi connectivity index (χ1) is 5.27. The molecule has 1 aliphatic carbocycles. The molecular weight excluding hydrogens is 156 g/mol. The summed E-state index contributed by atoms with van der Waals surface area (Å²) in [5, 5.41) is 0. The third-order valence-corrected chi connectivity index (χ3v) is 3.52. The molecule has 1 aromatic rings. The molecular formula is C8H12N2S. The Morgan fingerprint density at radius 2 is 2.45 bits per heavy atom. The molecule has 1 aromatic heterocycles. The molecule has 2 nitrogen and oxygen atoms in total. The summed E-state index contributed by atoms with van der Waals surface area (Å²) in [7, 11) is 0. The van der Waals surface area contributed by atoms with Crippen LogP contribution in [0.4, 0.5) is 0 Å². The summed E-state index contributed by atoms with van der Waals surface area (Å²) in [6.45, 7) is 2.82. The van der Waals surface area contributed by atoms with Crippen molar-refractivity contribution < 1.29 is 0 Å². The molecule has 0 radical (unpaired) electrons. The molecule has 0 saturated heterocycles. The molecule has 3 heteroatoms. The van der Waals surface area contributed by atoms with E-state index in [2.05, 4.69) is 10.4 Å². The van der Waals surface area contributed by atoms with Crippen molar-refractivity contribution in [2.75, 3.05) is 6.54 Å². The van der Waals surface area contributed by atoms with Crippen molar-refractivity contribution in [2.24, 2.45) is 5.73 Å². The second kappa shape index (κ2) is 2.29. The molecule has 1 aliphatic rings. The quantitative estimate of drug-likeness (QED) is 0.725. The Bertz CT molecular complexity index is 263. The van der Waals surface area contributed by atoms with Gasteiger partial charge in [0.25, 0.3) is 0 Å². The highest BCUT2D eigenvalue weighted by molar-refractivity contribution is 7.06. The summed E-state index contributed by atoms with van der Waals surface area (Å²) < 4.78 is 4.26. The van der Waals surface area contributed by atoms with E-state index in [1.165, 1.54) is 17.7 Å². The average molecular weight is 168 g/mol. The lowest BCUT2D eigenvalue weighted by atomic mass is 10.1. The minimum absolute atomic E-state index is 0.339. The van der Waals surface area contributed by atoms with Crippen LogP contribution in [0.15, 0.2) is 6.07 Å². The second-order valence-corrected chi connectivity index (χ2v) is 4.12. The van der Waals surface area contributed by atoms with Crippen molar-refractivity contribution in [3.63, 3.8) is 0 Å². The van der Waals surface area contributed by atoms with Crippen molar-refractivity contribution >= 4 is 11.5 Å². The molecule has 0 atom stereocenters. The van der Waals surface area contributed by atoms with Crippen LogP contribution in [0.25, 0.3) is 0 Å². The molecule has 1 heterocycles. The van der Waals surface area contributed by atoms with Gasteiger partial charge in [0.15, 0.2) is 0 Å². The summed E-state index contributed by atoms with van der Waals surface area (Å²) in [4.78, 5) is 1.39. The lowest BCUT2D eigenvalue weighted by Crippen LogP contribution is -2.18. The Morgan fingerprint density at radius 1 is 1.73 bits per heavy atom.